The summed E-state index contributed by atoms with van der Waals surface area (Å²) in [7, 11) is 0. The fraction of sp³-hybridized carbons (Fsp3) is 0.273. The normalized spacial score (nSPS) is 10.2. The van der Waals surface area contributed by atoms with Gasteiger partial charge in [0.25, 0.3) is 0 Å². The van der Waals surface area contributed by atoms with Crippen molar-refractivity contribution in [2.24, 2.45) is 0 Å². The number of allylic oxidation sites excluding steroid dienone is 1. The van der Waals surface area contributed by atoms with E-state index in [9.17, 15) is 0 Å². The summed E-state index contributed by atoms with van der Waals surface area (Å²) in [6, 6.07) is 15.7. The zero-order valence-corrected chi connectivity index (χ0v) is 14.4. The minimum Gasteiger partial charge on any atom is -0.494 e. The van der Waals surface area contributed by atoms with E-state index in [0.29, 0.717) is 13.2 Å². The Morgan fingerprint density at radius 3 is 1.79 bits per heavy atom. The van der Waals surface area contributed by atoms with Gasteiger partial charge >= 0.3 is 0 Å². The van der Waals surface area contributed by atoms with Gasteiger partial charge in [0, 0.05) is 11.1 Å². The molecule has 2 rings (SSSR count). The Hall–Kier alpha value is -2.66. The van der Waals surface area contributed by atoms with Crippen LogP contribution in [0.4, 0.5) is 0 Å². The molecule has 0 amide bonds. The third-order valence-electron chi connectivity index (χ3n) is 3.34. The molecule has 24 heavy (non-hydrogen) atoms. The Morgan fingerprint density at radius 2 is 1.29 bits per heavy atom. The highest BCUT2D eigenvalue weighted by molar-refractivity contribution is 5.45. The molecule has 0 aromatic heterocycles. The average molecular weight is 320 g/mol. The Labute approximate surface area is 145 Å². The van der Waals surface area contributed by atoms with Crippen LogP contribution in [0.15, 0.2) is 60.7 Å². The number of rotatable bonds is 7. The highest BCUT2D eigenvalue weighted by Crippen LogP contribution is 2.13. The van der Waals surface area contributed by atoms with E-state index in [1.807, 2.05) is 55.5 Å². The minimum absolute atomic E-state index is 0.608. The first kappa shape index (κ1) is 17.7. The van der Waals surface area contributed by atoms with Crippen molar-refractivity contribution in [3.63, 3.8) is 0 Å². The second kappa shape index (κ2) is 10.2. The first-order chi connectivity index (χ1) is 11.8. The molecule has 124 valence electrons. The van der Waals surface area contributed by atoms with Crippen molar-refractivity contribution in [1.82, 2.24) is 0 Å². The Bertz CT molecular complexity index is 685. The van der Waals surface area contributed by atoms with Crippen LogP contribution in [0.1, 0.15) is 37.8 Å². The first-order valence-electron chi connectivity index (χ1n) is 8.44. The highest BCUT2D eigenvalue weighted by Gasteiger charge is 1.94. The molecule has 0 N–H and O–H groups in total. The molecule has 2 heteroatoms. The third-order valence-corrected chi connectivity index (χ3v) is 3.34. The van der Waals surface area contributed by atoms with Gasteiger partial charge < -0.3 is 9.47 Å². The maximum absolute atomic E-state index is 5.66. The van der Waals surface area contributed by atoms with Crippen LogP contribution in [0.2, 0.25) is 0 Å². The number of unbranched alkanes of at least 4 members (excludes halogenated alkanes) is 1. The lowest BCUT2D eigenvalue weighted by Gasteiger charge is -2.02. The maximum atomic E-state index is 5.66. The molecule has 0 radical (unpaired) electrons. The van der Waals surface area contributed by atoms with Crippen LogP contribution in [0, 0.1) is 11.8 Å². The lowest BCUT2D eigenvalue weighted by molar-refractivity contribution is 0.340. The van der Waals surface area contributed by atoms with Gasteiger partial charge in [0.15, 0.2) is 0 Å². The van der Waals surface area contributed by atoms with Crippen LogP contribution in [-0.4, -0.2) is 13.2 Å². The largest absolute Gasteiger partial charge is 0.494 e. The van der Waals surface area contributed by atoms with Crippen LogP contribution < -0.4 is 9.47 Å². The smallest absolute Gasteiger partial charge is 0.119 e. The molecule has 0 aliphatic carbocycles. The predicted octanol–water partition coefficient (Wildman–Crippen LogP) is 5.22. The number of benzene rings is 2. The van der Waals surface area contributed by atoms with Crippen molar-refractivity contribution in [1.29, 1.82) is 0 Å². The summed E-state index contributed by atoms with van der Waals surface area (Å²) in [5.41, 5.74) is 1.94. The van der Waals surface area contributed by atoms with Crippen molar-refractivity contribution in [2.45, 2.75) is 26.7 Å². The van der Waals surface area contributed by atoms with E-state index in [4.69, 9.17) is 9.47 Å². The van der Waals surface area contributed by atoms with Crippen molar-refractivity contribution in [3.8, 4) is 23.3 Å². The highest BCUT2D eigenvalue weighted by atomic mass is 16.5. The van der Waals surface area contributed by atoms with E-state index in [-0.39, 0.29) is 0 Å². The molecule has 2 nitrogen and oxygen atoms in total. The van der Waals surface area contributed by atoms with Gasteiger partial charge in [-0.1, -0.05) is 37.3 Å². The van der Waals surface area contributed by atoms with Gasteiger partial charge in [0.2, 0.25) is 0 Å². The lowest BCUT2D eigenvalue weighted by atomic mass is 10.2. The fourth-order valence-corrected chi connectivity index (χ4v) is 2.08. The molecular weight excluding hydrogens is 296 g/mol. The molecule has 0 saturated carbocycles. The van der Waals surface area contributed by atoms with Gasteiger partial charge in [-0.3, -0.25) is 0 Å². The topological polar surface area (TPSA) is 18.5 Å². The summed E-state index contributed by atoms with van der Waals surface area (Å²) >= 11 is 0. The lowest BCUT2D eigenvalue weighted by Crippen LogP contribution is -1.93. The van der Waals surface area contributed by atoms with Crippen LogP contribution >= 0.6 is 0 Å². The molecule has 0 aliphatic rings. The Morgan fingerprint density at radius 1 is 0.750 bits per heavy atom. The minimum atomic E-state index is 0.608. The molecule has 0 unspecified atom stereocenters. The maximum Gasteiger partial charge on any atom is 0.119 e. The summed E-state index contributed by atoms with van der Waals surface area (Å²) in [4.78, 5) is 0. The van der Waals surface area contributed by atoms with E-state index >= 15 is 0 Å². The summed E-state index contributed by atoms with van der Waals surface area (Å²) < 4.78 is 11.1. The Balaban J connectivity index is 1.89. The Kier molecular flexibility index (Phi) is 7.50. The van der Waals surface area contributed by atoms with Crippen LogP contribution in [-0.2, 0) is 0 Å². The standard InChI is InChI=1S/C22H24O2/c1-3-5-6-7-18-24-22-16-12-20(13-17-22)9-8-19-10-14-21(15-11-19)23-4-2/h6-7,10-17H,3-5,18H2,1-2H3. The van der Waals surface area contributed by atoms with Crippen LogP contribution in [0.25, 0.3) is 0 Å². The molecule has 0 fully saturated rings. The summed E-state index contributed by atoms with van der Waals surface area (Å²) in [6.07, 6.45) is 6.47. The molecule has 2 aromatic carbocycles. The number of ether oxygens (including phenoxy) is 2. The molecule has 0 atom stereocenters. The summed E-state index contributed by atoms with van der Waals surface area (Å²) in [5.74, 6) is 8.06. The molecular formula is C22H24O2. The van der Waals surface area contributed by atoms with Crippen molar-refractivity contribution < 1.29 is 9.47 Å². The quantitative estimate of drug-likeness (QED) is 0.514. The zero-order chi connectivity index (χ0) is 17.0. The molecule has 2 aromatic rings. The van der Waals surface area contributed by atoms with E-state index in [1.165, 1.54) is 0 Å². The third kappa shape index (κ3) is 6.22. The first-order valence-corrected chi connectivity index (χ1v) is 8.44. The van der Waals surface area contributed by atoms with Gasteiger partial charge in [-0.15, -0.1) is 0 Å². The molecule has 0 saturated heterocycles. The van der Waals surface area contributed by atoms with Crippen molar-refractivity contribution in [2.75, 3.05) is 13.2 Å². The average Bonchev–Trinajstić information content (AvgIpc) is 2.62. The van der Waals surface area contributed by atoms with E-state index in [0.717, 1.165) is 35.5 Å². The molecule has 0 aliphatic heterocycles. The monoisotopic (exact) mass is 320 g/mol. The molecule has 0 bridgehead atoms. The summed E-state index contributed by atoms with van der Waals surface area (Å²) in [6.45, 7) is 5.42. The SMILES string of the molecule is CCCC=CCOc1ccc(C#Cc2ccc(OCC)cc2)cc1. The second-order valence-electron chi connectivity index (χ2n) is 5.30. The van der Waals surface area contributed by atoms with E-state index in [1.54, 1.807) is 0 Å². The number of hydrogen-bond acceptors (Lipinski definition) is 2. The number of hydrogen-bond donors (Lipinski definition) is 0. The predicted molar refractivity (Wildman–Crippen MR) is 99.6 cm³/mol. The van der Waals surface area contributed by atoms with E-state index in [2.05, 4.69) is 30.9 Å². The summed E-state index contributed by atoms with van der Waals surface area (Å²) in [5, 5.41) is 0. The molecule has 0 heterocycles. The second-order valence-corrected chi connectivity index (χ2v) is 5.30. The van der Waals surface area contributed by atoms with Gasteiger partial charge in [0.05, 0.1) is 6.61 Å². The van der Waals surface area contributed by atoms with Crippen LogP contribution in [0.5, 0.6) is 11.5 Å². The molecule has 0 spiro atoms. The van der Waals surface area contributed by atoms with Crippen LogP contribution in [0.3, 0.4) is 0 Å². The van der Waals surface area contributed by atoms with Gasteiger partial charge in [-0.2, -0.15) is 0 Å². The van der Waals surface area contributed by atoms with Crippen molar-refractivity contribution >= 4 is 0 Å². The fourth-order valence-electron chi connectivity index (χ4n) is 2.08. The van der Waals surface area contributed by atoms with Gasteiger partial charge in [-0.25, -0.2) is 0 Å². The van der Waals surface area contributed by atoms with Crippen molar-refractivity contribution in [3.05, 3.63) is 71.8 Å². The van der Waals surface area contributed by atoms with E-state index < -0.39 is 0 Å². The zero-order valence-electron chi connectivity index (χ0n) is 14.4. The van der Waals surface area contributed by atoms with Gasteiger partial charge in [-0.05, 0) is 61.9 Å². The van der Waals surface area contributed by atoms with Gasteiger partial charge in [0.1, 0.15) is 18.1 Å².